The van der Waals surface area contributed by atoms with Crippen LogP contribution < -0.4 is 5.73 Å². The van der Waals surface area contributed by atoms with Crippen LogP contribution in [0.5, 0.6) is 0 Å². The second kappa shape index (κ2) is 5.07. The van der Waals surface area contributed by atoms with Crippen LogP contribution in [0.2, 0.25) is 0 Å². The van der Waals surface area contributed by atoms with E-state index in [-0.39, 0.29) is 25.4 Å². The lowest BCUT2D eigenvalue weighted by Crippen LogP contribution is -2.49. The number of rotatable bonds is 3. The zero-order chi connectivity index (χ0) is 11.6. The molecule has 0 amide bonds. The van der Waals surface area contributed by atoms with E-state index in [1.54, 1.807) is 0 Å². The van der Waals surface area contributed by atoms with Gasteiger partial charge in [0.1, 0.15) is 12.2 Å². The first-order valence-electron chi connectivity index (χ1n) is 5.36. The lowest BCUT2D eigenvalue weighted by Gasteiger charge is -2.37. The molecule has 2 unspecified atom stereocenters. The van der Waals surface area contributed by atoms with Gasteiger partial charge in [-0.15, -0.1) is 0 Å². The van der Waals surface area contributed by atoms with Crippen LogP contribution in [-0.2, 0) is 4.74 Å². The number of hydrogen-bond acceptors (Lipinski definition) is 4. The molecule has 0 aromatic heterocycles. The fraction of sp³-hybridized carbons (Fsp3) is 0.818. The summed E-state index contributed by atoms with van der Waals surface area (Å²) in [7, 11) is 0. The number of aliphatic hydroxyl groups excluding tert-OH is 2. The monoisotopic (exact) mass is 215 g/mol. The number of ether oxygens (including phenoxy) is 1. The quantitative estimate of drug-likeness (QED) is 0.581. The van der Waals surface area contributed by atoms with Crippen LogP contribution in [-0.4, -0.2) is 41.7 Å². The molecule has 0 saturated heterocycles. The molecule has 0 spiro atoms. The molecule has 0 aliphatic carbocycles. The molecule has 0 bridgehead atoms. The highest BCUT2D eigenvalue weighted by atomic mass is 16.5. The van der Waals surface area contributed by atoms with Gasteiger partial charge in [0.25, 0.3) is 0 Å². The van der Waals surface area contributed by atoms with Crippen LogP contribution in [0.1, 0.15) is 20.8 Å². The molecule has 0 saturated carbocycles. The maximum absolute atomic E-state index is 9.18. The van der Waals surface area contributed by atoms with E-state index in [2.05, 4.69) is 13.8 Å². The Kier molecular flexibility index (Phi) is 4.28. The number of hydrogen-bond donors (Lipinski definition) is 3. The van der Waals surface area contributed by atoms with Crippen molar-refractivity contribution >= 4 is 0 Å². The summed E-state index contributed by atoms with van der Waals surface area (Å²) in [6.07, 6.45) is -0.720. The van der Waals surface area contributed by atoms with Gasteiger partial charge in [-0.3, -0.25) is 0 Å². The lowest BCUT2D eigenvalue weighted by atomic mass is 9.84. The van der Waals surface area contributed by atoms with E-state index in [0.717, 1.165) is 11.1 Å². The van der Waals surface area contributed by atoms with Crippen molar-refractivity contribution in [2.45, 2.75) is 39.0 Å². The molecule has 0 fully saturated rings. The van der Waals surface area contributed by atoms with E-state index in [1.807, 2.05) is 6.92 Å². The standard InChI is InChI=1S/C11H21NO3/c1-6(2)10-7(3)8(4-13)15-9(5-14)11(10)12/h6,8-9,11,13-14H,4-5,12H2,1-3H3/t8?,9?,11-/m1/s1. The molecule has 1 aliphatic rings. The minimum atomic E-state index is -0.400. The summed E-state index contributed by atoms with van der Waals surface area (Å²) in [5.41, 5.74) is 8.12. The van der Waals surface area contributed by atoms with Gasteiger partial charge < -0.3 is 20.7 Å². The van der Waals surface area contributed by atoms with Gasteiger partial charge in [-0.05, 0) is 24.0 Å². The molecular weight excluding hydrogens is 194 g/mol. The molecule has 3 atom stereocenters. The Bertz CT molecular complexity index is 250. The zero-order valence-corrected chi connectivity index (χ0v) is 9.60. The third kappa shape index (κ3) is 2.39. The first-order chi connectivity index (χ1) is 7.02. The summed E-state index contributed by atoms with van der Waals surface area (Å²) in [6.45, 7) is 5.88. The largest absolute Gasteiger partial charge is 0.394 e. The average Bonchev–Trinajstić information content (AvgIpc) is 2.18. The van der Waals surface area contributed by atoms with Gasteiger partial charge in [0.2, 0.25) is 0 Å². The lowest BCUT2D eigenvalue weighted by molar-refractivity contribution is -0.0617. The van der Waals surface area contributed by atoms with Crippen LogP contribution >= 0.6 is 0 Å². The van der Waals surface area contributed by atoms with Crippen molar-refractivity contribution < 1.29 is 14.9 Å². The van der Waals surface area contributed by atoms with Crippen molar-refractivity contribution in [3.8, 4) is 0 Å². The van der Waals surface area contributed by atoms with Gasteiger partial charge in [0.05, 0.1) is 19.3 Å². The molecule has 4 N–H and O–H groups in total. The Morgan fingerprint density at radius 2 is 1.93 bits per heavy atom. The molecular formula is C11H21NO3. The predicted octanol–water partition coefficient (Wildman–Crippen LogP) is 0.0382. The molecule has 15 heavy (non-hydrogen) atoms. The number of aliphatic hydroxyl groups is 2. The number of nitrogens with two attached hydrogens (primary N) is 1. The van der Waals surface area contributed by atoms with E-state index in [4.69, 9.17) is 15.6 Å². The molecule has 1 aliphatic heterocycles. The van der Waals surface area contributed by atoms with Gasteiger partial charge in [0.15, 0.2) is 0 Å². The smallest absolute Gasteiger partial charge is 0.102 e. The average molecular weight is 215 g/mol. The van der Waals surface area contributed by atoms with E-state index in [9.17, 15) is 5.11 Å². The third-order valence-electron chi connectivity index (χ3n) is 3.00. The van der Waals surface area contributed by atoms with Crippen molar-refractivity contribution in [2.75, 3.05) is 13.2 Å². The molecule has 1 heterocycles. The Morgan fingerprint density at radius 3 is 2.33 bits per heavy atom. The van der Waals surface area contributed by atoms with Gasteiger partial charge in [-0.25, -0.2) is 0 Å². The van der Waals surface area contributed by atoms with Gasteiger partial charge >= 0.3 is 0 Å². The molecule has 88 valence electrons. The van der Waals surface area contributed by atoms with Crippen LogP contribution in [0.3, 0.4) is 0 Å². The Hall–Kier alpha value is -0.420. The second-order valence-corrected chi connectivity index (χ2v) is 4.35. The second-order valence-electron chi connectivity index (χ2n) is 4.35. The van der Waals surface area contributed by atoms with E-state index in [0.29, 0.717) is 5.92 Å². The topological polar surface area (TPSA) is 75.7 Å². The van der Waals surface area contributed by atoms with Crippen LogP contribution in [0, 0.1) is 5.92 Å². The van der Waals surface area contributed by atoms with Crippen LogP contribution in [0.15, 0.2) is 11.1 Å². The van der Waals surface area contributed by atoms with Crippen LogP contribution in [0.4, 0.5) is 0 Å². The summed E-state index contributed by atoms with van der Waals surface area (Å²) in [5, 5.41) is 18.3. The summed E-state index contributed by atoms with van der Waals surface area (Å²) in [4.78, 5) is 0. The van der Waals surface area contributed by atoms with Crippen molar-refractivity contribution in [3.63, 3.8) is 0 Å². The SMILES string of the molecule is CC1=C(C(C)C)[C@H](N)C(CO)OC1CO. The minimum absolute atomic E-state index is 0.0642. The maximum Gasteiger partial charge on any atom is 0.102 e. The van der Waals surface area contributed by atoms with Gasteiger partial charge in [0, 0.05) is 0 Å². The summed E-state index contributed by atoms with van der Waals surface area (Å²) in [5.74, 6) is 0.312. The van der Waals surface area contributed by atoms with Crippen LogP contribution in [0.25, 0.3) is 0 Å². The minimum Gasteiger partial charge on any atom is -0.394 e. The molecule has 0 aromatic rings. The third-order valence-corrected chi connectivity index (χ3v) is 3.00. The maximum atomic E-state index is 9.18. The molecule has 4 heteroatoms. The molecule has 1 rings (SSSR count). The fourth-order valence-electron chi connectivity index (χ4n) is 2.22. The fourth-order valence-corrected chi connectivity index (χ4v) is 2.22. The highest BCUT2D eigenvalue weighted by Crippen LogP contribution is 2.29. The molecule has 0 radical (unpaired) electrons. The van der Waals surface area contributed by atoms with Gasteiger partial charge in [-0.1, -0.05) is 13.8 Å². The zero-order valence-electron chi connectivity index (χ0n) is 9.60. The Labute approximate surface area is 90.7 Å². The van der Waals surface area contributed by atoms with E-state index >= 15 is 0 Å². The van der Waals surface area contributed by atoms with Crippen molar-refractivity contribution in [3.05, 3.63) is 11.1 Å². The molecule has 0 aromatic carbocycles. The normalized spacial score (nSPS) is 32.6. The van der Waals surface area contributed by atoms with E-state index in [1.165, 1.54) is 0 Å². The van der Waals surface area contributed by atoms with E-state index < -0.39 is 6.10 Å². The first kappa shape index (κ1) is 12.6. The summed E-state index contributed by atoms with van der Waals surface area (Å²) >= 11 is 0. The summed E-state index contributed by atoms with van der Waals surface area (Å²) in [6, 6.07) is -0.266. The highest BCUT2D eigenvalue weighted by molar-refractivity contribution is 5.27. The Balaban J connectivity index is 3.02. The molecule has 4 nitrogen and oxygen atoms in total. The van der Waals surface area contributed by atoms with Gasteiger partial charge in [-0.2, -0.15) is 0 Å². The first-order valence-corrected chi connectivity index (χ1v) is 5.36. The predicted molar refractivity (Wildman–Crippen MR) is 58.3 cm³/mol. The highest BCUT2D eigenvalue weighted by Gasteiger charge is 2.34. The van der Waals surface area contributed by atoms with Crippen molar-refractivity contribution in [1.82, 2.24) is 0 Å². The Morgan fingerprint density at radius 1 is 1.33 bits per heavy atom. The van der Waals surface area contributed by atoms with Crippen molar-refractivity contribution in [1.29, 1.82) is 0 Å². The van der Waals surface area contributed by atoms with Crippen molar-refractivity contribution in [2.24, 2.45) is 11.7 Å². The summed E-state index contributed by atoms with van der Waals surface area (Å²) < 4.78 is 5.51.